The van der Waals surface area contributed by atoms with Crippen LogP contribution >= 0.6 is 0 Å². The van der Waals surface area contributed by atoms with Gasteiger partial charge in [-0.1, -0.05) is 19.4 Å². The zero-order valence-electron chi connectivity index (χ0n) is 20.2. The Labute approximate surface area is 200 Å². The van der Waals surface area contributed by atoms with Gasteiger partial charge in [-0.2, -0.15) is 0 Å². The zero-order valence-corrected chi connectivity index (χ0v) is 20.2. The van der Waals surface area contributed by atoms with E-state index in [9.17, 15) is 19.2 Å². The van der Waals surface area contributed by atoms with Gasteiger partial charge < -0.3 is 20.3 Å². The van der Waals surface area contributed by atoms with Crippen molar-refractivity contribution in [2.45, 2.75) is 90.2 Å². The monoisotopic (exact) mass is 475 g/mol. The van der Waals surface area contributed by atoms with Gasteiger partial charge in [0, 0.05) is 18.3 Å². The molecule has 0 radical (unpaired) electrons. The number of allylic oxidation sites excluding steroid dienone is 1. The van der Waals surface area contributed by atoms with Gasteiger partial charge in [-0.05, 0) is 74.2 Å². The number of amides is 1. The standard InChI is InChI=1S/C26H37NO7/c1-25-11-9-16(29)13-15(25)3-4-17-18-5-6-21(26(18,2)12-10-19(17)25)34-23(31)8-7-22(30)27-20(14-28)24(32)33/h13,17-21,28H,3-12,14H2,1-2H3,(H,27,30)(H,32,33)/t17?,18?,19?,20?,21?,25-,26-/m0/s1. The van der Waals surface area contributed by atoms with Gasteiger partial charge in [-0.15, -0.1) is 0 Å². The Balaban J connectivity index is 1.35. The van der Waals surface area contributed by atoms with Gasteiger partial charge in [0.1, 0.15) is 12.1 Å². The fourth-order valence-corrected chi connectivity index (χ4v) is 7.59. The molecule has 7 atom stereocenters. The Morgan fingerprint density at radius 2 is 1.85 bits per heavy atom. The van der Waals surface area contributed by atoms with E-state index < -0.39 is 30.5 Å². The van der Waals surface area contributed by atoms with Crippen molar-refractivity contribution in [1.82, 2.24) is 5.32 Å². The lowest BCUT2D eigenvalue weighted by Crippen LogP contribution is -2.51. The smallest absolute Gasteiger partial charge is 0.328 e. The molecule has 0 aromatic heterocycles. The Bertz CT molecular complexity index is 898. The van der Waals surface area contributed by atoms with Crippen LogP contribution in [0.15, 0.2) is 11.6 Å². The fourth-order valence-electron chi connectivity index (χ4n) is 7.59. The second kappa shape index (κ2) is 9.44. The largest absolute Gasteiger partial charge is 0.480 e. The predicted octanol–water partition coefficient (Wildman–Crippen LogP) is 2.77. The third-order valence-corrected chi connectivity index (χ3v) is 9.52. The molecular formula is C26H37NO7. The maximum absolute atomic E-state index is 12.6. The van der Waals surface area contributed by atoms with Crippen molar-refractivity contribution in [2.24, 2.45) is 28.6 Å². The average molecular weight is 476 g/mol. The molecule has 1 amide bonds. The maximum atomic E-state index is 12.6. The molecule has 0 aromatic rings. The van der Waals surface area contributed by atoms with E-state index in [-0.39, 0.29) is 35.6 Å². The Morgan fingerprint density at radius 1 is 1.09 bits per heavy atom. The molecule has 8 heteroatoms. The summed E-state index contributed by atoms with van der Waals surface area (Å²) in [6.07, 6.45) is 9.05. The third-order valence-electron chi connectivity index (χ3n) is 9.52. The number of carboxylic acid groups (broad SMARTS) is 1. The normalized spacial score (nSPS) is 37.5. The summed E-state index contributed by atoms with van der Waals surface area (Å²) in [6.45, 7) is 3.90. The van der Waals surface area contributed by atoms with Crippen molar-refractivity contribution >= 4 is 23.6 Å². The van der Waals surface area contributed by atoms with Crippen LogP contribution in [0.25, 0.3) is 0 Å². The van der Waals surface area contributed by atoms with Gasteiger partial charge in [0.25, 0.3) is 0 Å². The number of carbonyl (C=O) groups is 4. The number of hydrogen-bond donors (Lipinski definition) is 3. The number of rotatable bonds is 7. The molecule has 0 aromatic carbocycles. The fraction of sp³-hybridized carbons (Fsp3) is 0.769. The van der Waals surface area contributed by atoms with Crippen molar-refractivity contribution in [3.05, 3.63) is 11.6 Å². The second-order valence-electron chi connectivity index (χ2n) is 11.2. The first-order valence-electron chi connectivity index (χ1n) is 12.6. The van der Waals surface area contributed by atoms with Crippen LogP contribution in [0.3, 0.4) is 0 Å². The maximum Gasteiger partial charge on any atom is 0.328 e. The van der Waals surface area contributed by atoms with Gasteiger partial charge in [-0.3, -0.25) is 14.4 Å². The van der Waals surface area contributed by atoms with Crippen LogP contribution in [0.5, 0.6) is 0 Å². The lowest BCUT2D eigenvalue weighted by Gasteiger charge is -2.57. The molecule has 3 N–H and O–H groups in total. The van der Waals surface area contributed by atoms with Gasteiger partial charge in [0.2, 0.25) is 5.91 Å². The Hall–Kier alpha value is -2.22. The highest BCUT2D eigenvalue weighted by Gasteiger charge is 2.59. The lowest BCUT2D eigenvalue weighted by molar-refractivity contribution is -0.160. The van der Waals surface area contributed by atoms with Crippen LogP contribution in [0, 0.1) is 28.6 Å². The molecule has 4 aliphatic rings. The van der Waals surface area contributed by atoms with E-state index in [1.807, 2.05) is 6.08 Å². The second-order valence-corrected chi connectivity index (χ2v) is 11.2. The number of fused-ring (bicyclic) bond motifs is 5. The molecule has 0 bridgehead atoms. The summed E-state index contributed by atoms with van der Waals surface area (Å²) in [6, 6.07) is -1.37. The minimum atomic E-state index is -1.37. The number of ether oxygens (including phenoxy) is 1. The first-order valence-corrected chi connectivity index (χ1v) is 12.6. The van der Waals surface area contributed by atoms with E-state index >= 15 is 0 Å². The molecule has 0 spiro atoms. The van der Waals surface area contributed by atoms with E-state index in [1.165, 1.54) is 5.57 Å². The first-order chi connectivity index (χ1) is 16.1. The molecule has 34 heavy (non-hydrogen) atoms. The number of nitrogens with one attached hydrogen (secondary N) is 1. The minimum Gasteiger partial charge on any atom is -0.480 e. The molecule has 188 valence electrons. The molecule has 3 saturated carbocycles. The summed E-state index contributed by atoms with van der Waals surface area (Å²) in [5.74, 6) is -0.447. The first kappa shape index (κ1) is 24.9. The van der Waals surface area contributed by atoms with Crippen LogP contribution in [0.2, 0.25) is 0 Å². The van der Waals surface area contributed by atoms with Crippen molar-refractivity contribution < 1.29 is 34.1 Å². The summed E-state index contributed by atoms with van der Waals surface area (Å²) in [4.78, 5) is 47.4. The highest BCUT2D eigenvalue weighted by molar-refractivity contribution is 5.91. The van der Waals surface area contributed by atoms with Crippen LogP contribution in [-0.4, -0.2) is 52.6 Å². The lowest BCUT2D eigenvalue weighted by atomic mass is 9.47. The zero-order chi connectivity index (χ0) is 24.7. The van der Waals surface area contributed by atoms with Crippen molar-refractivity contribution in [3.63, 3.8) is 0 Å². The van der Waals surface area contributed by atoms with Crippen molar-refractivity contribution in [3.8, 4) is 0 Å². The molecule has 0 saturated heterocycles. The van der Waals surface area contributed by atoms with Crippen LogP contribution in [0.4, 0.5) is 0 Å². The van der Waals surface area contributed by atoms with Gasteiger partial charge in [-0.25, -0.2) is 4.79 Å². The van der Waals surface area contributed by atoms with E-state index in [2.05, 4.69) is 19.2 Å². The summed E-state index contributed by atoms with van der Waals surface area (Å²) in [5.41, 5.74) is 1.38. The topological polar surface area (TPSA) is 130 Å². The molecule has 8 nitrogen and oxygen atoms in total. The molecule has 5 unspecified atom stereocenters. The summed E-state index contributed by atoms with van der Waals surface area (Å²) < 4.78 is 5.90. The Morgan fingerprint density at radius 3 is 2.56 bits per heavy atom. The summed E-state index contributed by atoms with van der Waals surface area (Å²) in [7, 11) is 0. The Kier molecular flexibility index (Phi) is 6.91. The van der Waals surface area contributed by atoms with Gasteiger partial charge >= 0.3 is 11.9 Å². The SMILES string of the molecule is C[C@]12CCC3C(CCC4=CC(=O)CC[C@@]43C)C1CCC2OC(=O)CCC(=O)NC(CO)C(=O)O. The molecule has 4 rings (SSSR count). The summed E-state index contributed by atoms with van der Waals surface area (Å²) in [5, 5.41) is 20.1. The average Bonchev–Trinajstić information content (AvgIpc) is 3.12. The van der Waals surface area contributed by atoms with Gasteiger partial charge in [0.15, 0.2) is 5.78 Å². The van der Waals surface area contributed by atoms with E-state index in [1.54, 1.807) is 0 Å². The third kappa shape index (κ3) is 4.41. The number of ketones is 1. The van der Waals surface area contributed by atoms with E-state index in [4.69, 9.17) is 14.9 Å². The van der Waals surface area contributed by atoms with Crippen LogP contribution < -0.4 is 5.32 Å². The number of carbonyl (C=O) groups excluding carboxylic acids is 3. The van der Waals surface area contributed by atoms with E-state index in [0.29, 0.717) is 24.2 Å². The highest BCUT2D eigenvalue weighted by atomic mass is 16.5. The number of aliphatic carboxylic acids is 1. The van der Waals surface area contributed by atoms with Crippen molar-refractivity contribution in [2.75, 3.05) is 6.61 Å². The number of aliphatic hydroxyl groups is 1. The molecule has 0 aliphatic heterocycles. The predicted molar refractivity (Wildman–Crippen MR) is 122 cm³/mol. The van der Waals surface area contributed by atoms with Gasteiger partial charge in [0.05, 0.1) is 13.0 Å². The summed E-state index contributed by atoms with van der Waals surface area (Å²) >= 11 is 0. The molecular weight excluding hydrogens is 438 g/mol. The molecule has 0 heterocycles. The quantitative estimate of drug-likeness (QED) is 0.483. The molecule has 3 fully saturated rings. The minimum absolute atomic E-state index is 0.0769. The van der Waals surface area contributed by atoms with Crippen LogP contribution in [-0.2, 0) is 23.9 Å². The highest BCUT2D eigenvalue weighted by Crippen LogP contribution is 2.65. The number of hydrogen-bond acceptors (Lipinski definition) is 6. The van der Waals surface area contributed by atoms with E-state index in [0.717, 1.165) is 44.9 Å². The van der Waals surface area contributed by atoms with Crippen LogP contribution in [0.1, 0.15) is 78.1 Å². The molecule has 4 aliphatic carbocycles. The van der Waals surface area contributed by atoms with Crippen molar-refractivity contribution in [1.29, 1.82) is 0 Å². The number of esters is 1. The number of carboxylic acids is 1. The number of aliphatic hydroxyl groups excluding tert-OH is 1.